The number of benzene rings is 2. The third kappa shape index (κ3) is 3.51. The molecule has 0 amide bonds. The quantitative estimate of drug-likeness (QED) is 0.733. The normalized spacial score (nSPS) is 10.9. The molecule has 118 valence electrons. The van der Waals surface area contributed by atoms with E-state index in [9.17, 15) is 4.39 Å². The van der Waals surface area contributed by atoms with Gasteiger partial charge in [-0.25, -0.2) is 4.39 Å². The van der Waals surface area contributed by atoms with E-state index in [0.29, 0.717) is 0 Å². The molecule has 1 heterocycles. The first-order valence-corrected chi connectivity index (χ1v) is 7.83. The third-order valence-electron chi connectivity index (χ3n) is 4.11. The third-order valence-corrected chi connectivity index (χ3v) is 4.11. The standard InChI is InChI=1S/C20H21FN2/c1-15-12-18(14-22-13-17-6-4-3-5-7-17)16(2)23(15)20-10-8-19(21)9-11-20/h3-12,22H,13-14H2,1-2H3. The van der Waals surface area contributed by atoms with Gasteiger partial charge in [0.1, 0.15) is 5.82 Å². The van der Waals surface area contributed by atoms with Crippen LogP contribution in [0.2, 0.25) is 0 Å². The molecule has 3 aromatic rings. The highest BCUT2D eigenvalue weighted by Gasteiger charge is 2.10. The molecule has 23 heavy (non-hydrogen) atoms. The molecule has 3 rings (SSSR count). The van der Waals surface area contributed by atoms with Gasteiger partial charge in [0.2, 0.25) is 0 Å². The highest BCUT2D eigenvalue weighted by atomic mass is 19.1. The zero-order chi connectivity index (χ0) is 16.2. The van der Waals surface area contributed by atoms with Gasteiger partial charge < -0.3 is 9.88 Å². The lowest BCUT2D eigenvalue weighted by Gasteiger charge is -2.10. The van der Waals surface area contributed by atoms with Gasteiger partial charge in [-0.3, -0.25) is 0 Å². The van der Waals surface area contributed by atoms with Crippen molar-refractivity contribution in [1.82, 2.24) is 9.88 Å². The van der Waals surface area contributed by atoms with Gasteiger partial charge in [0.15, 0.2) is 0 Å². The van der Waals surface area contributed by atoms with Crippen molar-refractivity contribution >= 4 is 0 Å². The van der Waals surface area contributed by atoms with Crippen molar-refractivity contribution in [2.24, 2.45) is 0 Å². The van der Waals surface area contributed by atoms with Crippen molar-refractivity contribution in [3.8, 4) is 5.69 Å². The van der Waals surface area contributed by atoms with Crippen molar-refractivity contribution < 1.29 is 4.39 Å². The first-order valence-electron chi connectivity index (χ1n) is 7.83. The Balaban J connectivity index is 1.74. The fourth-order valence-electron chi connectivity index (χ4n) is 2.93. The predicted octanol–water partition coefficient (Wildman–Crippen LogP) is 4.52. The van der Waals surface area contributed by atoms with Crippen LogP contribution in [0.3, 0.4) is 0 Å². The van der Waals surface area contributed by atoms with Crippen molar-refractivity contribution in [3.63, 3.8) is 0 Å². The Morgan fingerprint density at radius 1 is 0.913 bits per heavy atom. The number of aromatic nitrogens is 1. The maximum Gasteiger partial charge on any atom is 0.123 e. The molecule has 0 aliphatic rings. The molecule has 3 heteroatoms. The summed E-state index contributed by atoms with van der Waals surface area (Å²) >= 11 is 0. The SMILES string of the molecule is Cc1cc(CNCc2ccccc2)c(C)n1-c1ccc(F)cc1. The van der Waals surface area contributed by atoms with Crippen molar-refractivity contribution in [2.75, 3.05) is 0 Å². The van der Waals surface area contributed by atoms with Gasteiger partial charge in [-0.15, -0.1) is 0 Å². The average molecular weight is 308 g/mol. The van der Waals surface area contributed by atoms with Crippen LogP contribution in [-0.2, 0) is 13.1 Å². The number of nitrogens with one attached hydrogen (secondary N) is 1. The van der Waals surface area contributed by atoms with E-state index in [2.05, 4.69) is 54.1 Å². The fraction of sp³-hybridized carbons (Fsp3) is 0.200. The van der Waals surface area contributed by atoms with Crippen LogP contribution >= 0.6 is 0 Å². The van der Waals surface area contributed by atoms with Gasteiger partial charge in [-0.05, 0) is 55.3 Å². The number of rotatable bonds is 5. The first kappa shape index (κ1) is 15.5. The Labute approximate surface area is 136 Å². The summed E-state index contributed by atoms with van der Waals surface area (Å²) in [5.74, 6) is -0.207. The van der Waals surface area contributed by atoms with Crippen molar-refractivity contribution in [3.05, 3.63) is 89.0 Å². The Bertz CT molecular complexity index is 773. The molecule has 0 aliphatic heterocycles. The van der Waals surface area contributed by atoms with Crippen LogP contribution in [0, 0.1) is 19.7 Å². The van der Waals surface area contributed by atoms with Gasteiger partial charge >= 0.3 is 0 Å². The maximum atomic E-state index is 13.1. The van der Waals surface area contributed by atoms with E-state index in [0.717, 1.165) is 24.5 Å². The van der Waals surface area contributed by atoms with Crippen molar-refractivity contribution in [2.45, 2.75) is 26.9 Å². The summed E-state index contributed by atoms with van der Waals surface area (Å²) in [5, 5.41) is 3.49. The lowest BCUT2D eigenvalue weighted by molar-refractivity contribution is 0.627. The topological polar surface area (TPSA) is 17.0 Å². The number of halogens is 1. The fourth-order valence-corrected chi connectivity index (χ4v) is 2.93. The zero-order valence-electron chi connectivity index (χ0n) is 13.5. The summed E-state index contributed by atoms with van der Waals surface area (Å²) in [6, 6.07) is 19.2. The van der Waals surface area contributed by atoms with E-state index >= 15 is 0 Å². The van der Waals surface area contributed by atoms with E-state index in [1.165, 1.54) is 29.0 Å². The van der Waals surface area contributed by atoms with Crippen LogP contribution in [0.1, 0.15) is 22.5 Å². The second-order valence-electron chi connectivity index (χ2n) is 5.80. The molecule has 0 fully saturated rings. The Hall–Kier alpha value is -2.39. The smallest absolute Gasteiger partial charge is 0.123 e. The lowest BCUT2D eigenvalue weighted by atomic mass is 10.2. The summed E-state index contributed by atoms with van der Waals surface area (Å²) in [7, 11) is 0. The molecule has 0 spiro atoms. The van der Waals surface area contributed by atoms with Gasteiger partial charge in [-0.2, -0.15) is 0 Å². The molecule has 0 radical (unpaired) electrons. The summed E-state index contributed by atoms with van der Waals surface area (Å²) < 4.78 is 15.3. The molecule has 0 atom stereocenters. The first-order chi connectivity index (χ1) is 11.1. The minimum Gasteiger partial charge on any atom is -0.318 e. The Morgan fingerprint density at radius 2 is 1.61 bits per heavy atom. The molecule has 0 aliphatic carbocycles. The van der Waals surface area contributed by atoms with E-state index in [4.69, 9.17) is 0 Å². The van der Waals surface area contributed by atoms with Crippen molar-refractivity contribution in [1.29, 1.82) is 0 Å². The summed E-state index contributed by atoms with van der Waals surface area (Å²) in [5.41, 5.74) is 5.89. The second kappa shape index (κ2) is 6.80. The minimum atomic E-state index is -0.207. The Morgan fingerprint density at radius 3 is 2.30 bits per heavy atom. The van der Waals surface area contributed by atoms with Crippen LogP contribution in [0.5, 0.6) is 0 Å². The minimum absolute atomic E-state index is 0.207. The average Bonchev–Trinajstić information content (AvgIpc) is 2.84. The highest BCUT2D eigenvalue weighted by molar-refractivity contribution is 5.41. The van der Waals surface area contributed by atoms with Crippen LogP contribution in [0.15, 0.2) is 60.7 Å². The number of hydrogen-bond acceptors (Lipinski definition) is 1. The highest BCUT2D eigenvalue weighted by Crippen LogP contribution is 2.21. The largest absolute Gasteiger partial charge is 0.318 e. The number of nitrogens with zero attached hydrogens (tertiary/aromatic N) is 1. The molecular formula is C20H21FN2. The number of hydrogen-bond donors (Lipinski definition) is 1. The molecule has 0 saturated heterocycles. The lowest BCUT2D eigenvalue weighted by Crippen LogP contribution is -2.13. The molecule has 1 N–H and O–H groups in total. The van der Waals surface area contributed by atoms with Crippen LogP contribution in [0.4, 0.5) is 4.39 Å². The van der Waals surface area contributed by atoms with Gasteiger partial charge in [0, 0.05) is 30.2 Å². The summed E-state index contributed by atoms with van der Waals surface area (Å²) in [6.07, 6.45) is 0. The van der Waals surface area contributed by atoms with E-state index in [-0.39, 0.29) is 5.82 Å². The summed E-state index contributed by atoms with van der Waals surface area (Å²) in [6.45, 7) is 5.85. The second-order valence-corrected chi connectivity index (χ2v) is 5.80. The van der Waals surface area contributed by atoms with Gasteiger partial charge in [0.25, 0.3) is 0 Å². The zero-order valence-corrected chi connectivity index (χ0v) is 13.5. The molecule has 0 saturated carbocycles. The van der Waals surface area contributed by atoms with Crippen LogP contribution in [0.25, 0.3) is 5.69 Å². The molecule has 2 nitrogen and oxygen atoms in total. The predicted molar refractivity (Wildman–Crippen MR) is 92.2 cm³/mol. The summed E-state index contributed by atoms with van der Waals surface area (Å²) in [4.78, 5) is 0. The van der Waals surface area contributed by atoms with Gasteiger partial charge in [0.05, 0.1) is 0 Å². The maximum absolute atomic E-state index is 13.1. The van der Waals surface area contributed by atoms with E-state index in [1.807, 2.05) is 18.2 Å². The van der Waals surface area contributed by atoms with Gasteiger partial charge in [-0.1, -0.05) is 30.3 Å². The monoisotopic (exact) mass is 308 g/mol. The van der Waals surface area contributed by atoms with E-state index < -0.39 is 0 Å². The Kier molecular flexibility index (Phi) is 4.58. The van der Waals surface area contributed by atoms with Crippen LogP contribution < -0.4 is 5.32 Å². The van der Waals surface area contributed by atoms with E-state index in [1.54, 1.807) is 0 Å². The molecule has 0 unspecified atom stereocenters. The molecular weight excluding hydrogens is 287 g/mol. The molecule has 1 aromatic heterocycles. The molecule has 2 aromatic carbocycles. The number of aryl methyl sites for hydroxylation is 1. The van der Waals surface area contributed by atoms with Crippen LogP contribution in [-0.4, -0.2) is 4.57 Å². The molecule has 0 bridgehead atoms.